The summed E-state index contributed by atoms with van der Waals surface area (Å²) in [5.41, 5.74) is 0.445. The Balaban J connectivity index is 2.00. The molecule has 114 valence electrons. The molecule has 0 aliphatic carbocycles. The van der Waals surface area contributed by atoms with Gasteiger partial charge in [-0.15, -0.1) is 10.2 Å². The molecule has 2 rings (SSSR count). The maximum Gasteiger partial charge on any atom is 0.445 e. The maximum absolute atomic E-state index is 12.4. The number of anilines is 1. The average molecular weight is 358 g/mol. The number of hydrogen-bond acceptors (Lipinski definition) is 5. The molecule has 10 heteroatoms. The van der Waals surface area contributed by atoms with Crippen LogP contribution in [0.15, 0.2) is 18.2 Å². The number of nitrogens with zero attached hydrogens (tertiary/aromatic N) is 2. The Morgan fingerprint density at radius 1 is 1.19 bits per heavy atom. The van der Waals surface area contributed by atoms with Gasteiger partial charge in [0.05, 0.1) is 6.10 Å². The molecule has 21 heavy (non-hydrogen) atoms. The first-order valence-electron chi connectivity index (χ1n) is 5.54. The third-order valence-corrected chi connectivity index (χ3v) is 3.75. The van der Waals surface area contributed by atoms with Crippen LogP contribution in [0.3, 0.4) is 0 Å². The van der Waals surface area contributed by atoms with Gasteiger partial charge in [0.1, 0.15) is 0 Å². The minimum absolute atomic E-state index is 0.0329. The number of aliphatic hydroxyl groups excluding tert-OH is 1. The number of alkyl halides is 3. The van der Waals surface area contributed by atoms with E-state index in [1.807, 2.05) is 0 Å². The standard InChI is InChI=1S/C11H8Cl2F3N3OS/c12-6-1-5(2-7(13)3-6)8(20)4-17-10-19-18-9(21-10)11(14,15)16/h1-3,8,20H,4H2,(H,17,19). The van der Waals surface area contributed by atoms with E-state index in [4.69, 9.17) is 23.2 Å². The molecule has 0 spiro atoms. The van der Waals surface area contributed by atoms with Gasteiger partial charge in [-0.25, -0.2) is 0 Å². The number of hydrogen-bond donors (Lipinski definition) is 2. The zero-order valence-corrected chi connectivity index (χ0v) is 12.5. The van der Waals surface area contributed by atoms with Crippen LogP contribution >= 0.6 is 34.5 Å². The van der Waals surface area contributed by atoms with Crippen molar-refractivity contribution >= 4 is 39.7 Å². The number of nitrogens with one attached hydrogen (secondary N) is 1. The van der Waals surface area contributed by atoms with Crippen LogP contribution in [0.5, 0.6) is 0 Å². The van der Waals surface area contributed by atoms with Crippen LogP contribution < -0.4 is 5.32 Å². The molecular formula is C11H8Cl2F3N3OS. The molecule has 2 N–H and O–H groups in total. The normalized spacial score (nSPS) is 13.2. The fourth-order valence-corrected chi connectivity index (χ4v) is 2.64. The van der Waals surface area contributed by atoms with Gasteiger partial charge in [-0.05, 0) is 23.8 Å². The summed E-state index contributed by atoms with van der Waals surface area (Å²) in [6, 6.07) is 4.54. The third-order valence-electron chi connectivity index (χ3n) is 2.38. The molecule has 0 fully saturated rings. The minimum Gasteiger partial charge on any atom is -0.387 e. The van der Waals surface area contributed by atoms with E-state index < -0.39 is 17.3 Å². The van der Waals surface area contributed by atoms with Gasteiger partial charge in [0, 0.05) is 16.6 Å². The van der Waals surface area contributed by atoms with Gasteiger partial charge in [-0.1, -0.05) is 34.5 Å². The van der Waals surface area contributed by atoms with Crippen molar-refractivity contribution in [1.29, 1.82) is 0 Å². The molecule has 0 saturated carbocycles. The summed E-state index contributed by atoms with van der Waals surface area (Å²) in [6.45, 7) is -0.0524. The van der Waals surface area contributed by atoms with Crippen molar-refractivity contribution in [3.05, 3.63) is 38.8 Å². The highest BCUT2D eigenvalue weighted by molar-refractivity contribution is 7.15. The highest BCUT2D eigenvalue weighted by atomic mass is 35.5. The van der Waals surface area contributed by atoms with Crippen LogP contribution in [0.25, 0.3) is 0 Å². The van der Waals surface area contributed by atoms with Crippen molar-refractivity contribution in [1.82, 2.24) is 10.2 Å². The van der Waals surface area contributed by atoms with Gasteiger partial charge < -0.3 is 10.4 Å². The molecule has 0 saturated heterocycles. The summed E-state index contributed by atoms with van der Waals surface area (Å²) in [6.07, 6.45) is -5.53. The first-order chi connectivity index (χ1) is 9.75. The number of aliphatic hydroxyl groups is 1. The number of halogens is 5. The second-order valence-corrected chi connectivity index (χ2v) is 5.86. The summed E-state index contributed by atoms with van der Waals surface area (Å²) >= 11 is 12.0. The summed E-state index contributed by atoms with van der Waals surface area (Å²) < 4.78 is 37.1. The number of aromatic nitrogens is 2. The van der Waals surface area contributed by atoms with E-state index in [2.05, 4.69) is 15.5 Å². The van der Waals surface area contributed by atoms with E-state index in [1.54, 1.807) is 0 Å². The molecule has 0 aliphatic rings. The highest BCUT2D eigenvalue weighted by Gasteiger charge is 2.35. The van der Waals surface area contributed by atoms with E-state index in [-0.39, 0.29) is 11.7 Å². The highest BCUT2D eigenvalue weighted by Crippen LogP contribution is 2.33. The van der Waals surface area contributed by atoms with E-state index in [1.165, 1.54) is 18.2 Å². The zero-order chi connectivity index (χ0) is 15.6. The van der Waals surface area contributed by atoms with Crippen molar-refractivity contribution in [3.8, 4) is 0 Å². The Morgan fingerprint density at radius 2 is 1.81 bits per heavy atom. The summed E-state index contributed by atoms with van der Waals surface area (Å²) in [7, 11) is 0. The maximum atomic E-state index is 12.4. The Kier molecular flexibility index (Phi) is 4.92. The topological polar surface area (TPSA) is 58.0 Å². The van der Waals surface area contributed by atoms with Gasteiger partial charge in [0.2, 0.25) is 10.1 Å². The monoisotopic (exact) mass is 357 g/mol. The molecule has 1 aromatic carbocycles. The van der Waals surface area contributed by atoms with Crippen molar-refractivity contribution < 1.29 is 18.3 Å². The fourth-order valence-electron chi connectivity index (χ4n) is 1.48. The van der Waals surface area contributed by atoms with E-state index in [9.17, 15) is 18.3 Å². The predicted molar refractivity (Wildman–Crippen MR) is 74.8 cm³/mol. The average Bonchev–Trinajstić information content (AvgIpc) is 2.83. The number of rotatable bonds is 4. The van der Waals surface area contributed by atoms with Crippen LogP contribution in [-0.4, -0.2) is 21.8 Å². The third kappa shape index (κ3) is 4.44. The molecule has 1 heterocycles. The zero-order valence-electron chi connectivity index (χ0n) is 10.2. The van der Waals surface area contributed by atoms with E-state index in [0.717, 1.165) is 0 Å². The SMILES string of the molecule is OC(CNc1nnc(C(F)(F)F)s1)c1cc(Cl)cc(Cl)c1. The lowest BCUT2D eigenvalue weighted by atomic mass is 10.1. The minimum atomic E-state index is -4.53. The molecule has 1 aromatic heterocycles. The van der Waals surface area contributed by atoms with E-state index in [0.29, 0.717) is 26.9 Å². The molecule has 0 amide bonds. The van der Waals surface area contributed by atoms with Gasteiger partial charge in [0.15, 0.2) is 0 Å². The summed E-state index contributed by atoms with van der Waals surface area (Å²) in [4.78, 5) is 0. The van der Waals surface area contributed by atoms with Crippen LogP contribution in [0.2, 0.25) is 10.0 Å². The smallest absolute Gasteiger partial charge is 0.387 e. The molecule has 4 nitrogen and oxygen atoms in total. The lowest BCUT2D eigenvalue weighted by Crippen LogP contribution is -2.12. The van der Waals surface area contributed by atoms with Crippen LogP contribution in [0.4, 0.5) is 18.3 Å². The van der Waals surface area contributed by atoms with Gasteiger partial charge in [-0.3, -0.25) is 0 Å². The van der Waals surface area contributed by atoms with Crippen LogP contribution in [0.1, 0.15) is 16.7 Å². The van der Waals surface area contributed by atoms with Crippen molar-refractivity contribution in [2.75, 3.05) is 11.9 Å². The summed E-state index contributed by atoms with van der Waals surface area (Å²) in [5.74, 6) is 0. The Morgan fingerprint density at radius 3 is 2.33 bits per heavy atom. The van der Waals surface area contributed by atoms with Crippen molar-refractivity contribution in [2.45, 2.75) is 12.3 Å². The quantitative estimate of drug-likeness (QED) is 0.867. The Labute approximate surface area is 131 Å². The molecule has 0 aliphatic heterocycles. The Hall–Kier alpha value is -1.09. The summed E-state index contributed by atoms with van der Waals surface area (Å²) in [5, 5.41) is 18.5. The lowest BCUT2D eigenvalue weighted by Gasteiger charge is -2.12. The number of benzene rings is 1. The predicted octanol–water partition coefficient (Wildman–Crippen LogP) is 4.01. The van der Waals surface area contributed by atoms with Crippen molar-refractivity contribution in [2.24, 2.45) is 0 Å². The molecule has 1 unspecified atom stereocenters. The van der Waals surface area contributed by atoms with Gasteiger partial charge in [0.25, 0.3) is 0 Å². The molecule has 2 aromatic rings. The van der Waals surface area contributed by atoms with Crippen LogP contribution in [-0.2, 0) is 6.18 Å². The molecule has 1 atom stereocenters. The van der Waals surface area contributed by atoms with Crippen molar-refractivity contribution in [3.63, 3.8) is 0 Å². The van der Waals surface area contributed by atoms with Crippen LogP contribution in [0, 0.1) is 0 Å². The molecule has 0 bridgehead atoms. The molecule has 0 radical (unpaired) electrons. The lowest BCUT2D eigenvalue weighted by molar-refractivity contribution is -0.138. The first-order valence-corrected chi connectivity index (χ1v) is 7.11. The Bertz CT molecular complexity index is 615. The first kappa shape index (κ1) is 16.3. The second kappa shape index (κ2) is 6.35. The second-order valence-electron chi connectivity index (χ2n) is 4.01. The van der Waals surface area contributed by atoms with Gasteiger partial charge >= 0.3 is 6.18 Å². The van der Waals surface area contributed by atoms with E-state index >= 15 is 0 Å². The largest absolute Gasteiger partial charge is 0.445 e. The molecular weight excluding hydrogens is 350 g/mol. The fraction of sp³-hybridized carbons (Fsp3) is 0.273. The van der Waals surface area contributed by atoms with Gasteiger partial charge in [-0.2, -0.15) is 13.2 Å².